The summed E-state index contributed by atoms with van der Waals surface area (Å²) in [6.45, 7) is -0.373. The zero-order chi connectivity index (χ0) is 11.3. The van der Waals surface area contributed by atoms with E-state index in [9.17, 15) is 9.59 Å². The minimum atomic E-state index is -1.07. The molecule has 9 heteroatoms. The van der Waals surface area contributed by atoms with E-state index in [1.807, 2.05) is 0 Å². The summed E-state index contributed by atoms with van der Waals surface area (Å²) in [5.74, 6) is -1.43. The van der Waals surface area contributed by atoms with Gasteiger partial charge in [-0.3, -0.25) is 14.6 Å². The Morgan fingerprint density at radius 2 is 2.18 bits per heavy atom. The van der Waals surface area contributed by atoms with Gasteiger partial charge >= 0.3 is 5.97 Å². The van der Waals surface area contributed by atoms with Crippen LogP contribution in [0.4, 0.5) is 0 Å². The number of carboxylic acid groups (broad SMARTS) is 1. The van der Waals surface area contributed by atoms with E-state index in [2.05, 4.69) is 21.0 Å². The molecule has 1 aromatic heterocycles. The topological polar surface area (TPSA) is 124 Å². The molecule has 0 radical (unpaired) electrons. The van der Waals surface area contributed by atoms with Gasteiger partial charge in [0.1, 0.15) is 18.4 Å². The number of halogens is 2. The number of aliphatic carboxylic acids is 1. The largest absolute Gasteiger partial charge is 1.00 e. The van der Waals surface area contributed by atoms with Crippen LogP contribution in [0.15, 0.2) is 12.5 Å². The molecule has 1 atom stereocenters. The SMILES string of the molecule is [Cl-].[Cl-].[NH3+][C@@H](Cc1c[nH+]c[nH]1)C(=O)NCC(=O)O. The van der Waals surface area contributed by atoms with Crippen LogP contribution in [-0.4, -0.2) is 34.6 Å². The highest BCUT2D eigenvalue weighted by molar-refractivity contribution is 5.84. The number of aromatic nitrogens is 2. The Hall–Kier alpha value is -1.31. The number of imidazole rings is 1. The Labute approximate surface area is 110 Å². The van der Waals surface area contributed by atoms with Crippen molar-refractivity contribution in [3.05, 3.63) is 18.2 Å². The third-order valence-electron chi connectivity index (χ3n) is 1.85. The highest BCUT2D eigenvalue weighted by Gasteiger charge is 2.20. The average Bonchev–Trinajstić information content (AvgIpc) is 2.66. The number of hydrogen-bond acceptors (Lipinski definition) is 2. The number of quaternary nitrogens is 1. The van der Waals surface area contributed by atoms with Crippen LogP contribution in [0.1, 0.15) is 5.69 Å². The molecule has 0 spiro atoms. The first-order chi connectivity index (χ1) is 7.09. The van der Waals surface area contributed by atoms with E-state index in [1.165, 1.54) is 0 Å². The summed E-state index contributed by atoms with van der Waals surface area (Å²) in [7, 11) is 0. The molecule has 0 aliphatic heterocycles. The van der Waals surface area contributed by atoms with Gasteiger partial charge in [-0.05, 0) is 0 Å². The fourth-order valence-corrected chi connectivity index (χ4v) is 1.10. The second-order valence-electron chi connectivity index (χ2n) is 3.14. The lowest BCUT2D eigenvalue weighted by Crippen LogP contribution is -3.00. The van der Waals surface area contributed by atoms with Gasteiger partial charge < -0.3 is 41.0 Å². The fourth-order valence-electron chi connectivity index (χ4n) is 1.10. The molecule has 0 saturated heterocycles. The van der Waals surface area contributed by atoms with Gasteiger partial charge in [0, 0.05) is 0 Å². The van der Waals surface area contributed by atoms with Crippen molar-refractivity contribution in [3.63, 3.8) is 0 Å². The summed E-state index contributed by atoms with van der Waals surface area (Å²) in [6.07, 6.45) is 3.80. The van der Waals surface area contributed by atoms with Crippen LogP contribution in [0, 0.1) is 0 Å². The Bertz CT molecular complexity index is 345. The zero-order valence-electron chi connectivity index (χ0n) is 8.87. The number of carbonyl (C=O) groups is 2. The first-order valence-corrected chi connectivity index (χ1v) is 4.45. The maximum Gasteiger partial charge on any atom is 0.322 e. The first-order valence-electron chi connectivity index (χ1n) is 4.45. The van der Waals surface area contributed by atoms with Gasteiger partial charge in [0.15, 0.2) is 6.04 Å². The fraction of sp³-hybridized carbons (Fsp3) is 0.375. The van der Waals surface area contributed by atoms with E-state index in [0.717, 1.165) is 5.69 Å². The monoisotopic (exact) mass is 284 g/mol. The molecule has 0 saturated carbocycles. The maximum absolute atomic E-state index is 11.3. The van der Waals surface area contributed by atoms with Gasteiger partial charge in [-0.2, -0.15) is 0 Å². The molecular formula is C8H14Cl2N4O3. The van der Waals surface area contributed by atoms with Crippen LogP contribution >= 0.6 is 0 Å². The van der Waals surface area contributed by atoms with Crippen LogP contribution in [0.25, 0.3) is 0 Å². The predicted molar refractivity (Wildman–Crippen MR) is 48.4 cm³/mol. The first kappa shape index (κ1) is 18.1. The quantitative estimate of drug-likeness (QED) is 0.429. The van der Waals surface area contributed by atoms with Crippen LogP contribution in [0.3, 0.4) is 0 Å². The van der Waals surface area contributed by atoms with Crippen molar-refractivity contribution in [1.82, 2.24) is 10.3 Å². The number of hydrogen-bond donors (Lipinski definition) is 4. The summed E-state index contributed by atoms with van der Waals surface area (Å²) in [5.41, 5.74) is 4.50. The van der Waals surface area contributed by atoms with Crippen molar-refractivity contribution < 1.29 is 50.2 Å². The number of carbonyl (C=O) groups excluding carboxylic acids is 1. The lowest BCUT2D eigenvalue weighted by atomic mass is 10.1. The number of aromatic amines is 2. The lowest BCUT2D eigenvalue weighted by Gasteiger charge is -2.05. The molecule has 0 aliphatic rings. The van der Waals surface area contributed by atoms with Gasteiger partial charge in [0.05, 0.1) is 6.42 Å². The average molecular weight is 285 g/mol. The van der Waals surface area contributed by atoms with Gasteiger partial charge in [-0.15, -0.1) is 0 Å². The smallest absolute Gasteiger partial charge is 0.322 e. The lowest BCUT2D eigenvalue weighted by molar-refractivity contribution is -0.404. The number of H-pyrrole nitrogens is 2. The molecule has 98 valence electrons. The summed E-state index contributed by atoms with van der Waals surface area (Å²) in [5, 5.41) is 10.6. The van der Waals surface area contributed by atoms with Crippen molar-refractivity contribution in [2.45, 2.75) is 12.5 Å². The molecule has 7 N–H and O–H groups in total. The summed E-state index contributed by atoms with van der Waals surface area (Å²) in [6, 6.07) is -0.503. The minimum Gasteiger partial charge on any atom is -1.00 e. The Kier molecular flexibility index (Phi) is 9.35. The molecule has 1 heterocycles. The molecule has 0 aliphatic carbocycles. The molecule has 0 bridgehead atoms. The Morgan fingerprint density at radius 1 is 1.53 bits per heavy atom. The zero-order valence-corrected chi connectivity index (χ0v) is 10.4. The van der Waals surface area contributed by atoms with Gasteiger partial charge in [-0.1, -0.05) is 0 Å². The third kappa shape index (κ3) is 6.77. The van der Waals surface area contributed by atoms with Crippen molar-refractivity contribution in [1.29, 1.82) is 0 Å². The van der Waals surface area contributed by atoms with E-state index >= 15 is 0 Å². The van der Waals surface area contributed by atoms with Gasteiger partial charge in [0.25, 0.3) is 5.91 Å². The standard InChI is InChI=1S/C8H12N4O3.2ClH/c9-6(1-5-2-10-4-12-5)8(15)11-3-7(13)14;;/h2,4,6H,1,3,9H2,(H,10,12)(H,11,15)(H,13,14);2*1H/t6-;;/m0../s1. The van der Waals surface area contributed by atoms with Crippen molar-refractivity contribution in [3.8, 4) is 0 Å². The van der Waals surface area contributed by atoms with Crippen molar-refractivity contribution >= 4 is 11.9 Å². The van der Waals surface area contributed by atoms with Crippen LogP contribution in [0.2, 0.25) is 0 Å². The summed E-state index contributed by atoms with van der Waals surface area (Å²) >= 11 is 0. The number of amides is 1. The molecule has 0 aromatic carbocycles. The molecule has 1 aromatic rings. The molecule has 1 amide bonds. The maximum atomic E-state index is 11.3. The van der Waals surface area contributed by atoms with E-state index < -0.39 is 12.0 Å². The second-order valence-corrected chi connectivity index (χ2v) is 3.14. The van der Waals surface area contributed by atoms with Crippen LogP contribution in [-0.2, 0) is 16.0 Å². The summed E-state index contributed by atoms with van der Waals surface area (Å²) < 4.78 is 0. The van der Waals surface area contributed by atoms with Gasteiger partial charge in [-0.25, -0.2) is 4.98 Å². The molecular weight excluding hydrogens is 271 g/mol. The summed E-state index contributed by atoms with van der Waals surface area (Å²) in [4.78, 5) is 27.2. The molecule has 1 rings (SSSR count). The highest BCUT2D eigenvalue weighted by atomic mass is 35.5. The van der Waals surface area contributed by atoms with E-state index in [4.69, 9.17) is 5.11 Å². The Balaban J connectivity index is 0. The number of carboxylic acids is 1. The number of rotatable bonds is 5. The third-order valence-corrected chi connectivity index (χ3v) is 1.85. The molecule has 0 unspecified atom stereocenters. The van der Waals surface area contributed by atoms with Crippen LogP contribution < -0.4 is 40.8 Å². The van der Waals surface area contributed by atoms with E-state index in [0.29, 0.717) is 6.42 Å². The second kappa shape index (κ2) is 8.80. The highest BCUT2D eigenvalue weighted by Crippen LogP contribution is 1.92. The molecule has 0 fully saturated rings. The predicted octanol–water partition coefficient (Wildman–Crippen LogP) is -8.81. The van der Waals surface area contributed by atoms with E-state index in [1.54, 1.807) is 12.5 Å². The number of nitrogens with one attached hydrogen (secondary N) is 3. The van der Waals surface area contributed by atoms with Crippen molar-refractivity contribution in [2.24, 2.45) is 0 Å². The molecule has 17 heavy (non-hydrogen) atoms. The normalized spacial score (nSPS) is 10.6. The Morgan fingerprint density at radius 3 is 2.65 bits per heavy atom. The minimum absolute atomic E-state index is 0. The molecule has 7 nitrogen and oxygen atoms in total. The van der Waals surface area contributed by atoms with E-state index in [-0.39, 0.29) is 37.3 Å². The van der Waals surface area contributed by atoms with Gasteiger partial charge in [0.2, 0.25) is 6.33 Å². The van der Waals surface area contributed by atoms with Crippen LogP contribution in [0.5, 0.6) is 0 Å². The van der Waals surface area contributed by atoms with Crippen molar-refractivity contribution in [2.75, 3.05) is 6.54 Å².